The Morgan fingerprint density at radius 2 is 2.16 bits per heavy atom. The van der Waals surface area contributed by atoms with Crippen molar-refractivity contribution >= 4 is 17.7 Å². The maximum Gasteiger partial charge on any atom is 0.251 e. The minimum absolute atomic E-state index is 0.0751. The average molecular weight is 366 g/mol. The van der Waals surface area contributed by atoms with Gasteiger partial charge in [0.1, 0.15) is 0 Å². The Balaban J connectivity index is 1.53. The minimum Gasteiger partial charge on any atom is -0.375 e. The fourth-order valence-electron chi connectivity index (χ4n) is 3.33. The van der Waals surface area contributed by atoms with Gasteiger partial charge in [0.25, 0.3) is 5.56 Å². The number of rotatable bonds is 5. The summed E-state index contributed by atoms with van der Waals surface area (Å²) in [6.45, 7) is 7.04. The second kappa shape index (κ2) is 8.82. The Hall–Kier alpha value is -1.38. The molecule has 0 spiro atoms. The number of aromatic amines is 1. The van der Waals surface area contributed by atoms with Gasteiger partial charge in [0.15, 0.2) is 5.16 Å². The zero-order chi connectivity index (χ0) is 17.6. The molecule has 8 heteroatoms. The standard InChI is InChI=1S/C17H26N4O3S/c1-13-9-15(22)19-17(18-13)25-12-16(23)21-7-4-8-24-14(11-21)10-20-5-2-3-6-20/h9,14H,2-8,10-12H2,1H3,(H,18,19,22). The highest BCUT2D eigenvalue weighted by molar-refractivity contribution is 7.99. The van der Waals surface area contributed by atoms with Crippen LogP contribution in [0.3, 0.4) is 0 Å². The number of aryl methyl sites for hydroxylation is 1. The summed E-state index contributed by atoms with van der Waals surface area (Å²) in [6, 6.07) is 1.45. The van der Waals surface area contributed by atoms with Crippen molar-refractivity contribution in [3.63, 3.8) is 0 Å². The van der Waals surface area contributed by atoms with Gasteiger partial charge in [-0.05, 0) is 39.3 Å². The normalized spacial score (nSPS) is 22.1. The molecule has 1 aromatic heterocycles. The predicted molar refractivity (Wildman–Crippen MR) is 96.9 cm³/mol. The third-order valence-electron chi connectivity index (χ3n) is 4.54. The van der Waals surface area contributed by atoms with Crippen LogP contribution in [0.2, 0.25) is 0 Å². The Morgan fingerprint density at radius 3 is 2.92 bits per heavy atom. The van der Waals surface area contributed by atoms with E-state index >= 15 is 0 Å². The van der Waals surface area contributed by atoms with Crippen molar-refractivity contribution < 1.29 is 9.53 Å². The number of aromatic nitrogens is 2. The fourth-order valence-corrected chi connectivity index (χ4v) is 4.15. The van der Waals surface area contributed by atoms with E-state index in [0.717, 1.165) is 32.6 Å². The Morgan fingerprint density at radius 1 is 1.36 bits per heavy atom. The van der Waals surface area contributed by atoms with Gasteiger partial charge in [-0.3, -0.25) is 9.59 Å². The van der Waals surface area contributed by atoms with E-state index in [0.29, 0.717) is 24.0 Å². The van der Waals surface area contributed by atoms with Crippen molar-refractivity contribution in [3.05, 3.63) is 22.1 Å². The third kappa shape index (κ3) is 5.55. The largest absolute Gasteiger partial charge is 0.375 e. The summed E-state index contributed by atoms with van der Waals surface area (Å²) in [7, 11) is 0. The Bertz CT molecular complexity index is 645. The molecular formula is C17H26N4O3S. The number of hydrogen-bond donors (Lipinski definition) is 1. The monoisotopic (exact) mass is 366 g/mol. The van der Waals surface area contributed by atoms with Gasteiger partial charge in [-0.15, -0.1) is 0 Å². The summed E-state index contributed by atoms with van der Waals surface area (Å²) in [5.74, 6) is 0.356. The lowest BCUT2D eigenvalue weighted by Crippen LogP contribution is -2.42. The number of carbonyl (C=O) groups excluding carboxylic acids is 1. The third-order valence-corrected chi connectivity index (χ3v) is 5.40. The number of hydrogen-bond acceptors (Lipinski definition) is 6. The summed E-state index contributed by atoms with van der Waals surface area (Å²) in [5, 5.41) is 0.498. The molecular weight excluding hydrogens is 340 g/mol. The molecule has 2 aliphatic rings. The number of ether oxygens (including phenoxy) is 1. The summed E-state index contributed by atoms with van der Waals surface area (Å²) >= 11 is 1.28. The van der Waals surface area contributed by atoms with Crippen LogP contribution in [0.15, 0.2) is 16.0 Å². The quantitative estimate of drug-likeness (QED) is 0.616. The Kier molecular flexibility index (Phi) is 6.50. The summed E-state index contributed by atoms with van der Waals surface area (Å²) in [6.07, 6.45) is 3.47. The van der Waals surface area contributed by atoms with E-state index < -0.39 is 0 Å². The van der Waals surface area contributed by atoms with E-state index in [4.69, 9.17) is 4.74 Å². The number of thioether (sulfide) groups is 1. The molecule has 7 nitrogen and oxygen atoms in total. The molecule has 0 saturated carbocycles. The lowest BCUT2D eigenvalue weighted by molar-refractivity contribution is -0.129. The van der Waals surface area contributed by atoms with Crippen LogP contribution < -0.4 is 5.56 Å². The van der Waals surface area contributed by atoms with Gasteiger partial charge in [0.2, 0.25) is 5.91 Å². The predicted octanol–water partition coefficient (Wildman–Crippen LogP) is 0.884. The van der Waals surface area contributed by atoms with Gasteiger partial charge >= 0.3 is 0 Å². The second-order valence-electron chi connectivity index (χ2n) is 6.67. The minimum atomic E-state index is -0.184. The average Bonchev–Trinajstić information content (AvgIpc) is 2.96. The maximum absolute atomic E-state index is 12.6. The summed E-state index contributed by atoms with van der Waals surface area (Å²) in [5.41, 5.74) is 0.476. The lowest BCUT2D eigenvalue weighted by atomic mass is 10.3. The van der Waals surface area contributed by atoms with E-state index in [1.54, 1.807) is 6.92 Å². The molecule has 1 N–H and O–H groups in total. The van der Waals surface area contributed by atoms with Crippen LogP contribution in [-0.4, -0.2) is 76.9 Å². The SMILES string of the molecule is Cc1cc(=O)[nH]c(SCC(=O)N2CCCOC(CN3CCCC3)C2)n1. The molecule has 0 bridgehead atoms. The fraction of sp³-hybridized carbons (Fsp3) is 0.706. The van der Waals surface area contributed by atoms with Gasteiger partial charge in [-0.2, -0.15) is 0 Å². The molecule has 1 atom stereocenters. The first-order chi connectivity index (χ1) is 12.1. The van der Waals surface area contributed by atoms with Gasteiger partial charge in [0.05, 0.1) is 11.9 Å². The smallest absolute Gasteiger partial charge is 0.251 e. The highest BCUT2D eigenvalue weighted by atomic mass is 32.2. The van der Waals surface area contributed by atoms with Gasteiger partial charge < -0.3 is 19.5 Å². The van der Waals surface area contributed by atoms with Crippen LogP contribution in [0.1, 0.15) is 25.0 Å². The maximum atomic E-state index is 12.6. The second-order valence-corrected chi connectivity index (χ2v) is 7.64. The number of nitrogens with one attached hydrogen (secondary N) is 1. The summed E-state index contributed by atoms with van der Waals surface area (Å²) in [4.78, 5) is 35.3. The van der Waals surface area contributed by atoms with E-state index in [2.05, 4.69) is 14.9 Å². The topological polar surface area (TPSA) is 78.5 Å². The zero-order valence-electron chi connectivity index (χ0n) is 14.7. The zero-order valence-corrected chi connectivity index (χ0v) is 15.5. The van der Waals surface area contributed by atoms with Crippen LogP contribution in [0, 0.1) is 6.92 Å². The number of likely N-dealkylation sites (tertiary alicyclic amines) is 1. The molecule has 1 unspecified atom stereocenters. The highest BCUT2D eigenvalue weighted by Crippen LogP contribution is 2.16. The molecule has 0 aliphatic carbocycles. The molecule has 0 radical (unpaired) electrons. The first kappa shape index (κ1) is 18.4. The van der Waals surface area contributed by atoms with E-state index in [1.165, 1.54) is 30.7 Å². The summed E-state index contributed by atoms with van der Waals surface area (Å²) < 4.78 is 5.94. The van der Waals surface area contributed by atoms with Crippen LogP contribution in [0.5, 0.6) is 0 Å². The molecule has 2 fully saturated rings. The van der Waals surface area contributed by atoms with Crippen LogP contribution in [0.4, 0.5) is 0 Å². The number of carbonyl (C=O) groups is 1. The molecule has 138 valence electrons. The van der Waals surface area contributed by atoms with Crippen molar-refractivity contribution in [1.82, 2.24) is 19.8 Å². The number of nitrogens with zero attached hydrogens (tertiary/aromatic N) is 3. The van der Waals surface area contributed by atoms with Gasteiger partial charge in [0, 0.05) is 38.0 Å². The van der Waals surface area contributed by atoms with Gasteiger partial charge in [-0.25, -0.2) is 4.98 Å². The first-order valence-corrected chi connectivity index (χ1v) is 9.91. The Labute approximate surface area is 152 Å². The molecule has 2 aliphatic heterocycles. The van der Waals surface area contributed by atoms with Crippen LogP contribution in [0.25, 0.3) is 0 Å². The van der Waals surface area contributed by atoms with Crippen LogP contribution >= 0.6 is 11.8 Å². The van der Waals surface area contributed by atoms with Crippen molar-refractivity contribution in [2.24, 2.45) is 0 Å². The van der Waals surface area contributed by atoms with E-state index in [9.17, 15) is 9.59 Å². The molecule has 0 aromatic carbocycles. The number of H-pyrrole nitrogens is 1. The molecule has 2 saturated heterocycles. The first-order valence-electron chi connectivity index (χ1n) is 8.92. The molecule has 1 amide bonds. The van der Waals surface area contributed by atoms with E-state index in [-0.39, 0.29) is 23.3 Å². The molecule has 3 rings (SSSR count). The van der Waals surface area contributed by atoms with Crippen LogP contribution in [-0.2, 0) is 9.53 Å². The molecule has 1 aromatic rings. The van der Waals surface area contributed by atoms with Gasteiger partial charge in [-0.1, -0.05) is 11.8 Å². The van der Waals surface area contributed by atoms with E-state index in [1.807, 2.05) is 4.90 Å². The van der Waals surface area contributed by atoms with Crippen molar-refractivity contribution in [1.29, 1.82) is 0 Å². The molecule has 3 heterocycles. The van der Waals surface area contributed by atoms with Crippen molar-refractivity contribution in [3.8, 4) is 0 Å². The van der Waals surface area contributed by atoms with Crippen molar-refractivity contribution in [2.75, 3.05) is 45.1 Å². The number of amides is 1. The lowest BCUT2D eigenvalue weighted by Gasteiger charge is -2.27. The molecule has 25 heavy (non-hydrogen) atoms. The highest BCUT2D eigenvalue weighted by Gasteiger charge is 2.25. The van der Waals surface area contributed by atoms with Crippen molar-refractivity contribution in [2.45, 2.75) is 37.4 Å².